The van der Waals surface area contributed by atoms with Gasteiger partial charge in [0, 0.05) is 38.0 Å². The van der Waals surface area contributed by atoms with Crippen LogP contribution in [-0.2, 0) is 4.79 Å². The number of amides is 1. The Kier molecular flexibility index (Phi) is 4.85. The topological polar surface area (TPSA) is 23.6 Å². The van der Waals surface area contributed by atoms with E-state index in [0.717, 1.165) is 44.6 Å². The summed E-state index contributed by atoms with van der Waals surface area (Å²) in [6.07, 6.45) is 12.1. The molecule has 1 saturated heterocycles. The first kappa shape index (κ1) is 13.2. The maximum atomic E-state index is 12.3. The molecule has 0 aromatic heterocycles. The van der Waals surface area contributed by atoms with E-state index in [4.69, 9.17) is 0 Å². The number of carbonyl (C=O) groups is 1. The molecule has 0 spiro atoms. The van der Waals surface area contributed by atoms with Crippen LogP contribution in [0.5, 0.6) is 0 Å². The van der Waals surface area contributed by atoms with Gasteiger partial charge in [0.2, 0.25) is 0 Å². The fourth-order valence-electron chi connectivity index (χ4n) is 2.50. The number of hydrogen-bond donors (Lipinski definition) is 0. The molecule has 3 heteroatoms. The molecule has 100 valence electrons. The molecule has 1 fully saturated rings. The van der Waals surface area contributed by atoms with Crippen LogP contribution in [0.4, 0.5) is 0 Å². The highest BCUT2D eigenvalue weighted by Gasteiger charge is 2.20. The van der Waals surface area contributed by atoms with Crippen LogP contribution >= 0.6 is 0 Å². The summed E-state index contributed by atoms with van der Waals surface area (Å²) in [6, 6.07) is 0. The monoisotopic (exact) mass is 248 g/mol. The zero-order valence-electron chi connectivity index (χ0n) is 11.4. The summed E-state index contributed by atoms with van der Waals surface area (Å²) >= 11 is 0. The molecule has 2 rings (SSSR count). The van der Waals surface area contributed by atoms with Crippen molar-refractivity contribution in [2.24, 2.45) is 0 Å². The molecule has 0 aromatic rings. The predicted octanol–water partition coefficient (Wildman–Crippen LogP) is 2.55. The molecule has 3 nitrogen and oxygen atoms in total. The van der Waals surface area contributed by atoms with Gasteiger partial charge >= 0.3 is 0 Å². The van der Waals surface area contributed by atoms with E-state index >= 15 is 0 Å². The average molecular weight is 248 g/mol. The quantitative estimate of drug-likeness (QED) is 0.763. The van der Waals surface area contributed by atoms with Crippen LogP contribution in [0.25, 0.3) is 0 Å². The number of likely N-dealkylation sites (tertiary alicyclic amines) is 1. The van der Waals surface area contributed by atoms with E-state index in [-0.39, 0.29) is 5.91 Å². The highest BCUT2D eigenvalue weighted by Crippen LogP contribution is 2.15. The summed E-state index contributed by atoms with van der Waals surface area (Å²) in [7, 11) is 0. The van der Waals surface area contributed by atoms with Gasteiger partial charge in [-0.3, -0.25) is 4.79 Å². The summed E-state index contributed by atoms with van der Waals surface area (Å²) in [4.78, 5) is 16.5. The predicted molar refractivity (Wildman–Crippen MR) is 74.1 cm³/mol. The minimum absolute atomic E-state index is 0.223. The molecule has 2 heterocycles. The number of rotatable bonds is 4. The molecular weight excluding hydrogens is 224 g/mol. The van der Waals surface area contributed by atoms with E-state index in [2.05, 4.69) is 24.1 Å². The zero-order valence-corrected chi connectivity index (χ0v) is 11.4. The molecule has 0 saturated carbocycles. The Hall–Kier alpha value is -1.25. The fourth-order valence-corrected chi connectivity index (χ4v) is 2.50. The van der Waals surface area contributed by atoms with E-state index in [9.17, 15) is 4.79 Å². The average Bonchev–Trinajstić information content (AvgIpc) is 2.46. The Balaban J connectivity index is 1.85. The number of nitrogens with zero attached hydrogens (tertiary/aromatic N) is 2. The largest absolute Gasteiger partial charge is 0.374 e. The van der Waals surface area contributed by atoms with Gasteiger partial charge < -0.3 is 9.80 Å². The second kappa shape index (κ2) is 6.62. The lowest BCUT2D eigenvalue weighted by Crippen LogP contribution is -2.37. The lowest BCUT2D eigenvalue weighted by molar-refractivity contribution is -0.127. The van der Waals surface area contributed by atoms with E-state index < -0.39 is 0 Å². The molecule has 0 N–H and O–H groups in total. The summed E-state index contributed by atoms with van der Waals surface area (Å²) < 4.78 is 0. The third kappa shape index (κ3) is 3.37. The Morgan fingerprint density at radius 3 is 2.67 bits per heavy atom. The first-order valence-electron chi connectivity index (χ1n) is 7.23. The molecule has 2 aliphatic heterocycles. The van der Waals surface area contributed by atoms with Gasteiger partial charge in [0.05, 0.1) is 0 Å². The molecule has 0 aliphatic carbocycles. The molecule has 1 amide bonds. The Morgan fingerprint density at radius 1 is 1.28 bits per heavy atom. The van der Waals surface area contributed by atoms with Crippen molar-refractivity contribution in [3.05, 3.63) is 23.9 Å². The van der Waals surface area contributed by atoms with Gasteiger partial charge in [-0.15, -0.1) is 0 Å². The van der Waals surface area contributed by atoms with Gasteiger partial charge in [0.1, 0.15) is 0 Å². The van der Waals surface area contributed by atoms with Crippen LogP contribution in [-0.4, -0.2) is 41.9 Å². The molecule has 0 unspecified atom stereocenters. The van der Waals surface area contributed by atoms with E-state index in [0.29, 0.717) is 0 Å². The van der Waals surface area contributed by atoms with Crippen molar-refractivity contribution in [2.45, 2.75) is 39.0 Å². The van der Waals surface area contributed by atoms with Crippen molar-refractivity contribution < 1.29 is 4.79 Å². The van der Waals surface area contributed by atoms with Gasteiger partial charge in [-0.1, -0.05) is 19.4 Å². The van der Waals surface area contributed by atoms with Crippen molar-refractivity contribution >= 4 is 5.91 Å². The standard InChI is InChI=1S/C15H24N2O/c1-2-3-9-16-12-7-14(8-13-16)15(18)17-10-5-4-6-11-17/h7-8,12H,2-6,9-11,13H2,1H3. The highest BCUT2D eigenvalue weighted by atomic mass is 16.2. The lowest BCUT2D eigenvalue weighted by Gasteiger charge is -2.29. The Morgan fingerprint density at radius 2 is 2.06 bits per heavy atom. The second-order valence-corrected chi connectivity index (χ2v) is 5.18. The highest BCUT2D eigenvalue weighted by molar-refractivity contribution is 5.96. The third-order valence-electron chi connectivity index (χ3n) is 3.70. The molecule has 2 aliphatic rings. The van der Waals surface area contributed by atoms with Crippen LogP contribution < -0.4 is 0 Å². The molecule has 0 radical (unpaired) electrons. The van der Waals surface area contributed by atoms with Gasteiger partial charge in [-0.05, 0) is 31.8 Å². The minimum atomic E-state index is 0.223. The number of unbranched alkanes of at least 4 members (excludes halogenated alkanes) is 1. The molecule has 18 heavy (non-hydrogen) atoms. The number of hydrogen-bond acceptors (Lipinski definition) is 2. The van der Waals surface area contributed by atoms with Crippen molar-refractivity contribution in [3.8, 4) is 0 Å². The van der Waals surface area contributed by atoms with Crippen molar-refractivity contribution in [2.75, 3.05) is 26.2 Å². The van der Waals surface area contributed by atoms with Crippen molar-refractivity contribution in [1.29, 1.82) is 0 Å². The van der Waals surface area contributed by atoms with Gasteiger partial charge in [-0.2, -0.15) is 0 Å². The molecule has 0 aromatic carbocycles. The summed E-state index contributed by atoms with van der Waals surface area (Å²) in [5, 5.41) is 0. The Labute approximate surface area is 110 Å². The molecule has 0 atom stereocenters. The van der Waals surface area contributed by atoms with Crippen molar-refractivity contribution in [1.82, 2.24) is 9.80 Å². The SMILES string of the molecule is CCCCN1C=CC(C(=O)N2CCCCC2)=CC1. The Bertz CT molecular complexity index is 340. The first-order valence-corrected chi connectivity index (χ1v) is 7.23. The van der Waals surface area contributed by atoms with Crippen LogP contribution in [0.15, 0.2) is 23.9 Å². The van der Waals surface area contributed by atoms with Crippen LogP contribution in [0.3, 0.4) is 0 Å². The minimum Gasteiger partial charge on any atom is -0.374 e. The van der Waals surface area contributed by atoms with Gasteiger partial charge in [0.15, 0.2) is 0 Å². The maximum Gasteiger partial charge on any atom is 0.253 e. The van der Waals surface area contributed by atoms with Crippen LogP contribution in [0.2, 0.25) is 0 Å². The molecular formula is C15H24N2O. The maximum absolute atomic E-state index is 12.3. The zero-order chi connectivity index (χ0) is 12.8. The number of piperidine rings is 1. The van der Waals surface area contributed by atoms with Gasteiger partial charge in [-0.25, -0.2) is 0 Å². The molecule has 0 bridgehead atoms. The van der Waals surface area contributed by atoms with E-state index in [1.807, 2.05) is 11.0 Å². The second-order valence-electron chi connectivity index (χ2n) is 5.18. The van der Waals surface area contributed by atoms with Gasteiger partial charge in [0.25, 0.3) is 5.91 Å². The lowest BCUT2D eigenvalue weighted by atomic mass is 10.1. The first-order chi connectivity index (χ1) is 8.81. The fraction of sp³-hybridized carbons (Fsp3) is 0.667. The summed E-state index contributed by atoms with van der Waals surface area (Å²) in [6.45, 7) is 6.04. The van der Waals surface area contributed by atoms with Crippen LogP contribution in [0, 0.1) is 0 Å². The van der Waals surface area contributed by atoms with E-state index in [1.54, 1.807) is 0 Å². The summed E-state index contributed by atoms with van der Waals surface area (Å²) in [5.41, 5.74) is 0.879. The number of carbonyl (C=O) groups excluding carboxylic acids is 1. The van der Waals surface area contributed by atoms with Crippen molar-refractivity contribution in [3.63, 3.8) is 0 Å². The smallest absolute Gasteiger partial charge is 0.253 e. The normalized spacial score (nSPS) is 19.9. The van der Waals surface area contributed by atoms with Crippen LogP contribution in [0.1, 0.15) is 39.0 Å². The third-order valence-corrected chi connectivity index (χ3v) is 3.70. The summed E-state index contributed by atoms with van der Waals surface area (Å²) in [5.74, 6) is 0.223. The van der Waals surface area contributed by atoms with E-state index in [1.165, 1.54) is 19.3 Å².